The second-order valence-electron chi connectivity index (χ2n) is 4.58. The predicted octanol–water partition coefficient (Wildman–Crippen LogP) is 3.93. The van der Waals surface area contributed by atoms with E-state index in [2.05, 4.69) is 4.98 Å². The number of halogens is 1. The summed E-state index contributed by atoms with van der Waals surface area (Å²) in [6, 6.07) is 14.9. The summed E-state index contributed by atoms with van der Waals surface area (Å²) in [4.78, 5) is 4.26. The van der Waals surface area contributed by atoms with Gasteiger partial charge in [0.25, 0.3) is 0 Å². The van der Waals surface area contributed by atoms with Crippen LogP contribution < -0.4 is 4.74 Å². The van der Waals surface area contributed by atoms with Gasteiger partial charge in [-0.05, 0) is 42.5 Å². The largest absolute Gasteiger partial charge is 0.487 e. The van der Waals surface area contributed by atoms with E-state index in [1.54, 1.807) is 36.4 Å². The van der Waals surface area contributed by atoms with Gasteiger partial charge >= 0.3 is 0 Å². The molecular formula is C17H11FN2O2. The van der Waals surface area contributed by atoms with Crippen molar-refractivity contribution < 1.29 is 13.5 Å². The van der Waals surface area contributed by atoms with E-state index in [4.69, 9.17) is 14.4 Å². The van der Waals surface area contributed by atoms with Crippen LogP contribution in [-0.2, 0) is 6.61 Å². The maximum absolute atomic E-state index is 13.2. The molecule has 0 aliphatic rings. The summed E-state index contributed by atoms with van der Waals surface area (Å²) in [6.45, 7) is 0.227. The van der Waals surface area contributed by atoms with Gasteiger partial charge in [-0.1, -0.05) is 6.07 Å². The molecule has 0 amide bonds. The number of nitrogens with zero attached hydrogens (tertiary/aromatic N) is 2. The molecule has 1 heterocycles. The Morgan fingerprint density at radius 3 is 2.73 bits per heavy atom. The minimum Gasteiger partial charge on any atom is -0.487 e. The molecule has 0 atom stereocenters. The quantitative estimate of drug-likeness (QED) is 0.731. The summed E-state index contributed by atoms with van der Waals surface area (Å²) >= 11 is 0. The number of hydrogen-bond donors (Lipinski definition) is 0. The van der Waals surface area contributed by atoms with Gasteiger partial charge in [-0.2, -0.15) is 5.26 Å². The molecule has 3 aromatic rings. The first-order valence-electron chi connectivity index (χ1n) is 6.58. The van der Waals surface area contributed by atoms with E-state index in [1.807, 2.05) is 6.07 Å². The number of benzene rings is 2. The van der Waals surface area contributed by atoms with E-state index in [0.29, 0.717) is 28.5 Å². The average molecular weight is 294 g/mol. The van der Waals surface area contributed by atoms with Crippen LogP contribution in [0.25, 0.3) is 11.5 Å². The van der Waals surface area contributed by atoms with Crippen molar-refractivity contribution in [3.8, 4) is 23.3 Å². The van der Waals surface area contributed by atoms with Crippen LogP contribution in [0.15, 0.2) is 59.2 Å². The molecule has 0 saturated heterocycles. The molecule has 5 heteroatoms. The first-order chi connectivity index (χ1) is 10.7. The number of nitriles is 1. The van der Waals surface area contributed by atoms with Gasteiger partial charge in [0, 0.05) is 5.56 Å². The molecule has 1 aromatic heterocycles. The fourth-order valence-corrected chi connectivity index (χ4v) is 1.91. The number of hydrogen-bond acceptors (Lipinski definition) is 4. The Labute approximate surface area is 126 Å². The van der Waals surface area contributed by atoms with Crippen LogP contribution in [0.3, 0.4) is 0 Å². The van der Waals surface area contributed by atoms with E-state index < -0.39 is 0 Å². The van der Waals surface area contributed by atoms with Crippen LogP contribution in [0.4, 0.5) is 4.39 Å². The van der Waals surface area contributed by atoms with Gasteiger partial charge in [0.05, 0.1) is 11.6 Å². The third-order valence-electron chi connectivity index (χ3n) is 2.99. The Kier molecular flexibility index (Phi) is 3.84. The van der Waals surface area contributed by atoms with Crippen LogP contribution in [0.5, 0.6) is 5.75 Å². The lowest BCUT2D eigenvalue weighted by atomic mass is 10.2. The molecular weight excluding hydrogens is 283 g/mol. The Morgan fingerprint density at radius 1 is 1.18 bits per heavy atom. The second-order valence-corrected chi connectivity index (χ2v) is 4.58. The molecule has 3 rings (SSSR count). The summed E-state index contributed by atoms with van der Waals surface area (Å²) in [5.74, 6) is 0.637. The number of oxazole rings is 1. The van der Waals surface area contributed by atoms with Crippen molar-refractivity contribution >= 4 is 0 Å². The number of ether oxygens (including phenoxy) is 1. The van der Waals surface area contributed by atoms with Crippen molar-refractivity contribution in [2.45, 2.75) is 6.61 Å². The van der Waals surface area contributed by atoms with E-state index >= 15 is 0 Å². The SMILES string of the molecule is N#Cc1ccc(OCc2coc(-c3cccc(F)c3)n2)cc1. The zero-order valence-electron chi connectivity index (χ0n) is 11.5. The fraction of sp³-hybridized carbons (Fsp3) is 0.0588. The zero-order chi connectivity index (χ0) is 15.4. The molecule has 2 aromatic carbocycles. The Balaban J connectivity index is 1.68. The van der Waals surface area contributed by atoms with Gasteiger partial charge in [-0.15, -0.1) is 0 Å². The van der Waals surface area contributed by atoms with Gasteiger partial charge in [0.2, 0.25) is 5.89 Å². The lowest BCUT2D eigenvalue weighted by Gasteiger charge is -2.03. The van der Waals surface area contributed by atoms with Gasteiger partial charge < -0.3 is 9.15 Å². The topological polar surface area (TPSA) is 59.0 Å². The van der Waals surface area contributed by atoms with E-state index in [1.165, 1.54) is 18.4 Å². The smallest absolute Gasteiger partial charge is 0.226 e. The summed E-state index contributed by atoms with van der Waals surface area (Å²) in [7, 11) is 0. The van der Waals surface area contributed by atoms with Crippen LogP contribution >= 0.6 is 0 Å². The third kappa shape index (κ3) is 3.13. The lowest BCUT2D eigenvalue weighted by Crippen LogP contribution is -1.95. The van der Waals surface area contributed by atoms with E-state index in [0.717, 1.165) is 0 Å². The molecule has 0 N–H and O–H groups in total. The highest BCUT2D eigenvalue weighted by atomic mass is 19.1. The number of aromatic nitrogens is 1. The Hall–Kier alpha value is -3.13. The molecule has 0 spiro atoms. The molecule has 0 aliphatic heterocycles. The maximum atomic E-state index is 13.2. The van der Waals surface area contributed by atoms with Gasteiger partial charge in [0.1, 0.15) is 30.1 Å². The first kappa shape index (κ1) is 13.8. The lowest BCUT2D eigenvalue weighted by molar-refractivity contribution is 0.301. The highest BCUT2D eigenvalue weighted by Gasteiger charge is 2.08. The van der Waals surface area contributed by atoms with Crippen LogP contribution in [0, 0.1) is 17.1 Å². The molecule has 0 fully saturated rings. The normalized spacial score (nSPS) is 10.2. The average Bonchev–Trinajstić information content (AvgIpc) is 3.02. The third-order valence-corrected chi connectivity index (χ3v) is 2.99. The van der Waals surface area contributed by atoms with Crippen LogP contribution in [-0.4, -0.2) is 4.98 Å². The van der Waals surface area contributed by atoms with Crippen LogP contribution in [0.2, 0.25) is 0 Å². The molecule has 0 unspecified atom stereocenters. The first-order valence-corrected chi connectivity index (χ1v) is 6.58. The zero-order valence-corrected chi connectivity index (χ0v) is 11.5. The van der Waals surface area contributed by atoms with Crippen molar-refractivity contribution in [3.63, 3.8) is 0 Å². The van der Waals surface area contributed by atoms with Crippen molar-refractivity contribution in [1.82, 2.24) is 4.98 Å². The molecule has 0 bridgehead atoms. The molecule has 0 radical (unpaired) electrons. The summed E-state index contributed by atoms with van der Waals surface area (Å²) in [5, 5.41) is 8.73. The molecule has 4 nitrogen and oxygen atoms in total. The van der Waals surface area contributed by atoms with Crippen LogP contribution in [0.1, 0.15) is 11.3 Å². The molecule has 0 saturated carbocycles. The highest BCUT2D eigenvalue weighted by molar-refractivity contribution is 5.52. The van der Waals surface area contributed by atoms with E-state index in [-0.39, 0.29) is 12.4 Å². The minimum atomic E-state index is -0.342. The van der Waals surface area contributed by atoms with Crippen molar-refractivity contribution in [2.75, 3.05) is 0 Å². The van der Waals surface area contributed by atoms with Crippen molar-refractivity contribution in [1.29, 1.82) is 5.26 Å². The highest BCUT2D eigenvalue weighted by Crippen LogP contribution is 2.20. The van der Waals surface area contributed by atoms with Crippen molar-refractivity contribution in [3.05, 3.63) is 71.9 Å². The molecule has 22 heavy (non-hydrogen) atoms. The summed E-state index contributed by atoms with van der Waals surface area (Å²) < 4.78 is 24.1. The second kappa shape index (κ2) is 6.10. The van der Waals surface area contributed by atoms with Gasteiger partial charge in [-0.25, -0.2) is 9.37 Å². The fourth-order valence-electron chi connectivity index (χ4n) is 1.91. The van der Waals surface area contributed by atoms with Gasteiger partial charge in [0.15, 0.2) is 0 Å². The maximum Gasteiger partial charge on any atom is 0.226 e. The van der Waals surface area contributed by atoms with Gasteiger partial charge in [-0.3, -0.25) is 0 Å². The monoisotopic (exact) mass is 294 g/mol. The summed E-state index contributed by atoms with van der Waals surface area (Å²) in [5.41, 5.74) is 1.75. The number of rotatable bonds is 4. The molecule has 108 valence electrons. The minimum absolute atomic E-state index is 0.227. The standard InChI is InChI=1S/C17H11FN2O2/c18-14-3-1-2-13(8-14)17-20-15(11-22-17)10-21-16-6-4-12(9-19)5-7-16/h1-8,11H,10H2. The van der Waals surface area contributed by atoms with Crippen molar-refractivity contribution in [2.24, 2.45) is 0 Å². The summed E-state index contributed by atoms with van der Waals surface area (Å²) in [6.07, 6.45) is 1.48. The van der Waals surface area contributed by atoms with E-state index in [9.17, 15) is 4.39 Å². The predicted molar refractivity (Wildman–Crippen MR) is 77.4 cm³/mol. The molecule has 0 aliphatic carbocycles. The Bertz CT molecular complexity index is 819. The Morgan fingerprint density at radius 2 is 2.00 bits per heavy atom.